The second-order valence-electron chi connectivity index (χ2n) is 3.98. The highest BCUT2D eigenvalue weighted by Crippen LogP contribution is 2.23. The van der Waals surface area contributed by atoms with Crippen molar-refractivity contribution in [2.45, 2.75) is 32.0 Å². The summed E-state index contributed by atoms with van der Waals surface area (Å²) in [7, 11) is 0. The highest BCUT2D eigenvalue weighted by molar-refractivity contribution is 5.87. The van der Waals surface area contributed by atoms with Gasteiger partial charge in [0, 0.05) is 5.56 Å². The van der Waals surface area contributed by atoms with Gasteiger partial charge in [-0.25, -0.2) is 9.18 Å². The molecule has 1 aromatic carbocycles. The van der Waals surface area contributed by atoms with Gasteiger partial charge in [0.1, 0.15) is 5.82 Å². The molecule has 0 heterocycles. The molecule has 1 aliphatic carbocycles. The monoisotopic (exact) mass is 224 g/mol. The molecular weight excluding hydrogens is 211 g/mol. The molecule has 4 heteroatoms. The van der Waals surface area contributed by atoms with Gasteiger partial charge >= 0.3 is 5.97 Å². The fraction of sp³-hybridized carbons (Fsp3) is 0.417. The van der Waals surface area contributed by atoms with Crippen LogP contribution in [0.5, 0.6) is 0 Å². The number of ether oxygens (including phenoxy) is 1. The topological polar surface area (TPSA) is 46.5 Å². The molecule has 0 radical (unpaired) electrons. The van der Waals surface area contributed by atoms with Gasteiger partial charge in [0.05, 0.1) is 18.3 Å². The Balaban J connectivity index is 2.05. The Morgan fingerprint density at radius 2 is 2.25 bits per heavy atom. The SMILES string of the molecule is O=C(O)c1ccc(F)c(COC2CCC2)c1. The summed E-state index contributed by atoms with van der Waals surface area (Å²) in [6, 6.07) is 3.75. The highest BCUT2D eigenvalue weighted by Gasteiger charge is 2.18. The van der Waals surface area contributed by atoms with Crippen LogP contribution in [-0.4, -0.2) is 17.2 Å². The Morgan fingerprint density at radius 3 is 2.81 bits per heavy atom. The van der Waals surface area contributed by atoms with Crippen molar-refractivity contribution in [3.63, 3.8) is 0 Å². The minimum absolute atomic E-state index is 0.0913. The van der Waals surface area contributed by atoms with Gasteiger partial charge in [-0.3, -0.25) is 0 Å². The number of carboxylic acid groups (broad SMARTS) is 1. The minimum Gasteiger partial charge on any atom is -0.478 e. The molecule has 0 amide bonds. The number of hydrogen-bond donors (Lipinski definition) is 1. The number of halogens is 1. The average Bonchev–Trinajstić information content (AvgIpc) is 2.18. The molecule has 1 aromatic rings. The molecule has 1 N–H and O–H groups in total. The summed E-state index contributed by atoms with van der Waals surface area (Å²) in [5.41, 5.74) is 0.403. The van der Waals surface area contributed by atoms with Crippen molar-refractivity contribution >= 4 is 5.97 Å². The molecule has 86 valence electrons. The number of carboxylic acids is 1. The van der Waals surface area contributed by atoms with E-state index in [-0.39, 0.29) is 18.3 Å². The zero-order valence-electron chi connectivity index (χ0n) is 8.78. The Kier molecular flexibility index (Phi) is 3.19. The Hall–Kier alpha value is -1.42. The van der Waals surface area contributed by atoms with Crippen LogP contribution in [-0.2, 0) is 11.3 Å². The molecule has 3 nitrogen and oxygen atoms in total. The maximum absolute atomic E-state index is 13.3. The molecule has 0 aromatic heterocycles. The van der Waals surface area contributed by atoms with Crippen LogP contribution in [0, 0.1) is 5.82 Å². The van der Waals surface area contributed by atoms with Crippen LogP contribution in [0.4, 0.5) is 4.39 Å². The maximum atomic E-state index is 13.3. The van der Waals surface area contributed by atoms with Crippen molar-refractivity contribution in [1.29, 1.82) is 0 Å². The summed E-state index contributed by atoms with van der Waals surface area (Å²) in [6.07, 6.45) is 3.40. The van der Waals surface area contributed by atoms with Gasteiger partial charge in [-0.05, 0) is 37.5 Å². The third-order valence-corrected chi connectivity index (χ3v) is 2.82. The van der Waals surface area contributed by atoms with E-state index in [9.17, 15) is 9.18 Å². The normalized spacial score (nSPS) is 15.8. The fourth-order valence-electron chi connectivity index (χ4n) is 1.56. The lowest BCUT2D eigenvalue weighted by Crippen LogP contribution is -2.21. The van der Waals surface area contributed by atoms with Crippen molar-refractivity contribution in [2.24, 2.45) is 0 Å². The molecule has 16 heavy (non-hydrogen) atoms. The first-order valence-corrected chi connectivity index (χ1v) is 5.30. The van der Waals surface area contributed by atoms with Crippen molar-refractivity contribution in [3.05, 3.63) is 35.1 Å². The summed E-state index contributed by atoms with van der Waals surface area (Å²) in [4.78, 5) is 10.7. The molecule has 0 bridgehead atoms. The predicted molar refractivity (Wildman–Crippen MR) is 55.8 cm³/mol. The molecule has 1 fully saturated rings. The third kappa shape index (κ3) is 2.39. The second-order valence-corrected chi connectivity index (χ2v) is 3.98. The molecule has 1 saturated carbocycles. The van der Waals surface area contributed by atoms with Crippen molar-refractivity contribution < 1.29 is 19.0 Å². The molecular formula is C12H13FO3. The summed E-state index contributed by atoms with van der Waals surface area (Å²) >= 11 is 0. The zero-order valence-corrected chi connectivity index (χ0v) is 8.78. The predicted octanol–water partition coefficient (Wildman–Crippen LogP) is 2.59. The Labute approximate surface area is 92.9 Å². The van der Waals surface area contributed by atoms with Crippen LogP contribution in [0.2, 0.25) is 0 Å². The molecule has 0 spiro atoms. The maximum Gasteiger partial charge on any atom is 0.335 e. The number of rotatable bonds is 4. The van der Waals surface area contributed by atoms with E-state index in [0.29, 0.717) is 5.56 Å². The largest absolute Gasteiger partial charge is 0.478 e. The van der Waals surface area contributed by atoms with Crippen LogP contribution in [0.15, 0.2) is 18.2 Å². The summed E-state index contributed by atoms with van der Waals surface area (Å²) in [5.74, 6) is -1.46. The number of hydrogen-bond acceptors (Lipinski definition) is 2. The summed E-state index contributed by atoms with van der Waals surface area (Å²) < 4.78 is 18.8. The smallest absolute Gasteiger partial charge is 0.335 e. The molecule has 2 rings (SSSR count). The van der Waals surface area contributed by atoms with E-state index >= 15 is 0 Å². The summed E-state index contributed by atoms with van der Waals surface area (Å²) in [6.45, 7) is 0.150. The first-order chi connectivity index (χ1) is 7.66. The minimum atomic E-state index is -1.05. The standard InChI is InChI=1S/C12H13FO3/c13-11-5-4-8(12(14)15)6-9(11)7-16-10-2-1-3-10/h4-6,10H,1-3,7H2,(H,14,15). The Bertz CT molecular complexity index is 399. The lowest BCUT2D eigenvalue weighted by atomic mass is 9.96. The average molecular weight is 224 g/mol. The van der Waals surface area contributed by atoms with Crippen molar-refractivity contribution in [1.82, 2.24) is 0 Å². The van der Waals surface area contributed by atoms with Crippen LogP contribution in [0.3, 0.4) is 0 Å². The molecule has 1 aliphatic rings. The van der Waals surface area contributed by atoms with E-state index < -0.39 is 11.8 Å². The molecule has 0 atom stereocenters. The van der Waals surface area contributed by atoms with Crippen LogP contribution in [0.1, 0.15) is 35.2 Å². The van der Waals surface area contributed by atoms with Crippen LogP contribution < -0.4 is 0 Å². The van der Waals surface area contributed by atoms with Gasteiger partial charge < -0.3 is 9.84 Å². The van der Waals surface area contributed by atoms with Gasteiger partial charge in [-0.15, -0.1) is 0 Å². The highest BCUT2D eigenvalue weighted by atomic mass is 19.1. The number of benzene rings is 1. The third-order valence-electron chi connectivity index (χ3n) is 2.82. The molecule has 0 aliphatic heterocycles. The van der Waals surface area contributed by atoms with Gasteiger partial charge in [-0.1, -0.05) is 0 Å². The van der Waals surface area contributed by atoms with Crippen molar-refractivity contribution in [3.8, 4) is 0 Å². The van der Waals surface area contributed by atoms with Gasteiger partial charge in [0.2, 0.25) is 0 Å². The van der Waals surface area contributed by atoms with E-state index in [1.165, 1.54) is 18.2 Å². The van der Waals surface area contributed by atoms with Crippen LogP contribution >= 0.6 is 0 Å². The van der Waals surface area contributed by atoms with E-state index in [4.69, 9.17) is 9.84 Å². The molecule has 0 saturated heterocycles. The second kappa shape index (κ2) is 4.61. The first-order valence-electron chi connectivity index (χ1n) is 5.30. The van der Waals surface area contributed by atoms with E-state index in [1.54, 1.807) is 0 Å². The first kappa shape index (κ1) is 11.1. The van der Waals surface area contributed by atoms with Gasteiger partial charge in [0.15, 0.2) is 0 Å². The van der Waals surface area contributed by atoms with Crippen molar-refractivity contribution in [2.75, 3.05) is 0 Å². The molecule has 0 unspecified atom stereocenters. The van der Waals surface area contributed by atoms with Gasteiger partial charge in [-0.2, -0.15) is 0 Å². The zero-order chi connectivity index (χ0) is 11.5. The van der Waals surface area contributed by atoms with Gasteiger partial charge in [0.25, 0.3) is 0 Å². The van der Waals surface area contributed by atoms with E-state index in [1.807, 2.05) is 0 Å². The lowest BCUT2D eigenvalue weighted by Gasteiger charge is -2.25. The number of carbonyl (C=O) groups is 1. The fourth-order valence-corrected chi connectivity index (χ4v) is 1.56. The van der Waals surface area contributed by atoms with Crippen LogP contribution in [0.25, 0.3) is 0 Å². The van der Waals surface area contributed by atoms with E-state index in [2.05, 4.69) is 0 Å². The summed E-state index contributed by atoms with van der Waals surface area (Å²) in [5, 5.41) is 8.77. The quantitative estimate of drug-likeness (QED) is 0.855. The number of aromatic carboxylic acids is 1. The Morgan fingerprint density at radius 1 is 1.50 bits per heavy atom. The lowest BCUT2D eigenvalue weighted by molar-refractivity contribution is -0.00977. The van der Waals surface area contributed by atoms with E-state index in [0.717, 1.165) is 19.3 Å².